The van der Waals surface area contributed by atoms with Crippen LogP contribution in [0.15, 0.2) is 35.7 Å². The van der Waals surface area contributed by atoms with Crippen LogP contribution >= 0.6 is 0 Å². The summed E-state index contributed by atoms with van der Waals surface area (Å²) in [6.07, 6.45) is -8.01. The zero-order valence-electron chi connectivity index (χ0n) is 28.9. The number of carbonyl (C=O) groups excluding carboxylic acids is 6. The predicted molar refractivity (Wildman–Crippen MR) is 167 cm³/mol. The first-order valence-electron chi connectivity index (χ1n) is 16.1. The van der Waals surface area contributed by atoms with Crippen molar-refractivity contribution in [3.63, 3.8) is 0 Å². The van der Waals surface area contributed by atoms with Crippen LogP contribution in [0.3, 0.4) is 0 Å². The maximum Gasteiger partial charge on any atom is 0.461 e. The van der Waals surface area contributed by atoms with Crippen LogP contribution in [0, 0.1) is 11.8 Å². The van der Waals surface area contributed by atoms with Gasteiger partial charge in [0, 0.05) is 44.5 Å². The summed E-state index contributed by atoms with van der Waals surface area (Å²) in [5.41, 5.74) is 4.39. The summed E-state index contributed by atoms with van der Waals surface area (Å²) >= 11 is 0. The summed E-state index contributed by atoms with van der Waals surface area (Å²) in [7, 11) is 0. The first-order chi connectivity index (χ1) is 23.6. The Morgan fingerprint density at radius 2 is 1.45 bits per heavy atom. The average molecular weight is 733 g/mol. The van der Waals surface area contributed by atoms with Crippen LogP contribution in [0.4, 0.5) is 22.0 Å². The van der Waals surface area contributed by atoms with Gasteiger partial charge in [-0.25, -0.2) is 4.90 Å². The van der Waals surface area contributed by atoms with Gasteiger partial charge in [0.05, 0.1) is 31.5 Å². The van der Waals surface area contributed by atoms with Crippen LogP contribution in [-0.2, 0) is 33.4 Å². The lowest BCUT2D eigenvalue weighted by Crippen LogP contribution is -2.55. The van der Waals surface area contributed by atoms with E-state index in [-0.39, 0.29) is 36.8 Å². The van der Waals surface area contributed by atoms with Gasteiger partial charge < -0.3 is 29.7 Å². The van der Waals surface area contributed by atoms with Gasteiger partial charge in [0.1, 0.15) is 12.1 Å². The monoisotopic (exact) mass is 732 g/mol. The van der Waals surface area contributed by atoms with Crippen LogP contribution in [0.25, 0.3) is 0 Å². The third-order valence-corrected chi connectivity index (χ3v) is 8.17. The summed E-state index contributed by atoms with van der Waals surface area (Å²) in [5, 5.41) is 0. The summed E-state index contributed by atoms with van der Waals surface area (Å²) in [6.45, 7) is 7.66. The van der Waals surface area contributed by atoms with Gasteiger partial charge >= 0.3 is 24.0 Å². The highest BCUT2D eigenvalue weighted by atomic mass is 19.4. The predicted octanol–water partition coefficient (Wildman–Crippen LogP) is 3.27. The van der Waals surface area contributed by atoms with Gasteiger partial charge in [-0.3, -0.25) is 28.8 Å². The molecule has 2 fully saturated rings. The van der Waals surface area contributed by atoms with E-state index < -0.39 is 108 Å². The first kappa shape index (κ1) is 41.0. The summed E-state index contributed by atoms with van der Waals surface area (Å²) in [6, 6.07) is 1.53. The second-order valence-electron chi connectivity index (χ2n) is 12.7. The van der Waals surface area contributed by atoms with Crippen molar-refractivity contribution in [1.82, 2.24) is 14.7 Å². The van der Waals surface area contributed by atoms with E-state index in [0.717, 1.165) is 37.8 Å². The van der Waals surface area contributed by atoms with Crippen molar-refractivity contribution in [2.45, 2.75) is 78.2 Å². The van der Waals surface area contributed by atoms with E-state index in [4.69, 9.17) is 15.2 Å². The fraction of sp³-hybridized carbons (Fsp3) is 0.576. The van der Waals surface area contributed by atoms with E-state index in [0.29, 0.717) is 6.92 Å². The summed E-state index contributed by atoms with van der Waals surface area (Å²) in [5.74, 6) is -16.9. The highest BCUT2D eigenvalue weighted by molar-refractivity contribution is 6.09. The minimum atomic E-state index is -6.36. The number of morpholine rings is 1. The zero-order chi connectivity index (χ0) is 38.6. The van der Waals surface area contributed by atoms with Crippen molar-refractivity contribution in [2.75, 3.05) is 32.8 Å². The van der Waals surface area contributed by atoms with E-state index >= 15 is 8.78 Å². The fourth-order valence-electron chi connectivity index (χ4n) is 5.55. The molecule has 4 amide bonds. The normalized spacial score (nSPS) is 19.4. The molecule has 282 valence electrons. The van der Waals surface area contributed by atoms with Gasteiger partial charge in [-0.15, -0.1) is 0 Å². The SMILES string of the molecule is CC(=O)O/C(=C(/C(C)C)N(C(=O)c1ccc(C(=O)N2CCOCC2)cc1)C(=O)[C@@H]1C[C@@H](OC(C)=O)CN1C(=O)[C@@H](N)C(C)C)C(F)(F)C(F)(F)F. The Morgan fingerprint density at radius 3 is 1.92 bits per heavy atom. The van der Waals surface area contributed by atoms with E-state index in [1.54, 1.807) is 13.8 Å². The van der Waals surface area contributed by atoms with Gasteiger partial charge in [0.25, 0.3) is 17.7 Å². The minimum absolute atomic E-state index is 0.0172. The van der Waals surface area contributed by atoms with Crippen molar-refractivity contribution in [3.05, 3.63) is 46.8 Å². The molecule has 2 saturated heterocycles. The Bertz CT molecular complexity index is 1540. The van der Waals surface area contributed by atoms with Crippen molar-refractivity contribution in [1.29, 1.82) is 0 Å². The first-order valence-corrected chi connectivity index (χ1v) is 16.1. The number of allylic oxidation sites excluding steroid dienone is 2. The second-order valence-corrected chi connectivity index (χ2v) is 12.7. The molecule has 18 heteroatoms. The molecule has 0 unspecified atom stereocenters. The molecule has 3 rings (SSSR count). The van der Waals surface area contributed by atoms with Crippen LogP contribution in [0.5, 0.6) is 0 Å². The van der Waals surface area contributed by atoms with Crippen LogP contribution in [0.1, 0.15) is 68.7 Å². The lowest BCUT2D eigenvalue weighted by molar-refractivity contribution is -0.276. The van der Waals surface area contributed by atoms with Crippen molar-refractivity contribution >= 4 is 35.6 Å². The largest absolute Gasteiger partial charge is 0.461 e. The smallest absolute Gasteiger partial charge is 0.461 e. The number of amides is 4. The number of nitrogens with two attached hydrogens (primary N) is 1. The van der Waals surface area contributed by atoms with E-state index in [1.165, 1.54) is 17.0 Å². The third kappa shape index (κ3) is 9.27. The zero-order valence-corrected chi connectivity index (χ0v) is 28.9. The number of hydrogen-bond acceptors (Lipinski definition) is 10. The summed E-state index contributed by atoms with van der Waals surface area (Å²) in [4.78, 5) is 81.5. The Kier molecular flexibility index (Phi) is 13.1. The molecule has 0 aliphatic carbocycles. The maximum atomic E-state index is 15.3. The van der Waals surface area contributed by atoms with Gasteiger partial charge in [-0.2, -0.15) is 22.0 Å². The molecule has 13 nitrogen and oxygen atoms in total. The number of likely N-dealkylation sites (tertiary alicyclic amines) is 1. The highest BCUT2D eigenvalue weighted by Gasteiger charge is 2.64. The molecule has 1 aromatic carbocycles. The van der Waals surface area contributed by atoms with Crippen molar-refractivity contribution in [3.8, 4) is 0 Å². The standard InChI is InChI=1S/C33H41F5N4O9/c1-17(2)25(39)31(48)41-16-23(50-19(5)43)15-24(41)30(47)42(26(18(3)4)27(51-20(6)44)32(34,35)33(36,37)38)29(46)22-9-7-21(8-10-22)28(45)40-11-13-49-14-12-40/h7-10,17-18,23-25H,11-16,39H2,1-6H3/b27-26-/t23-,24+,25+/m1/s1. The molecule has 0 saturated carbocycles. The summed E-state index contributed by atoms with van der Waals surface area (Å²) < 4.78 is 87.1. The number of rotatable bonds is 10. The molecule has 2 N–H and O–H groups in total. The number of halogens is 5. The lowest BCUT2D eigenvalue weighted by atomic mass is 10.00. The molecule has 2 aliphatic heterocycles. The topological polar surface area (TPSA) is 166 Å². The van der Waals surface area contributed by atoms with Crippen LogP contribution in [-0.4, -0.2) is 113 Å². The van der Waals surface area contributed by atoms with Gasteiger partial charge in [-0.05, 0) is 36.1 Å². The number of esters is 2. The van der Waals surface area contributed by atoms with Crippen LogP contribution in [0.2, 0.25) is 0 Å². The molecule has 0 bridgehead atoms. The molecule has 51 heavy (non-hydrogen) atoms. The Hall–Kier alpha value is -4.45. The molecule has 0 spiro atoms. The molecular formula is C33H41F5N4O9. The minimum Gasteiger partial charge on any atom is -0.461 e. The van der Waals surface area contributed by atoms with E-state index in [1.807, 2.05) is 0 Å². The fourth-order valence-corrected chi connectivity index (χ4v) is 5.55. The number of carbonyl (C=O) groups is 6. The third-order valence-electron chi connectivity index (χ3n) is 8.17. The molecule has 1 aromatic rings. The number of nitrogens with zero attached hydrogens (tertiary/aromatic N) is 3. The molecule has 2 heterocycles. The van der Waals surface area contributed by atoms with Gasteiger partial charge in [0.2, 0.25) is 11.7 Å². The number of alkyl halides is 5. The van der Waals surface area contributed by atoms with Gasteiger partial charge in [0.15, 0.2) is 0 Å². The highest BCUT2D eigenvalue weighted by Crippen LogP contribution is 2.45. The van der Waals surface area contributed by atoms with Gasteiger partial charge in [-0.1, -0.05) is 27.7 Å². The number of hydrogen-bond donors (Lipinski definition) is 1. The van der Waals surface area contributed by atoms with E-state index in [2.05, 4.69) is 4.74 Å². The Labute approximate surface area is 290 Å². The number of ether oxygens (including phenoxy) is 3. The Morgan fingerprint density at radius 1 is 0.902 bits per heavy atom. The molecule has 0 radical (unpaired) electrons. The number of benzene rings is 1. The molecule has 3 atom stereocenters. The number of imide groups is 1. The molecular weight excluding hydrogens is 691 g/mol. The lowest BCUT2D eigenvalue weighted by Gasteiger charge is -2.35. The van der Waals surface area contributed by atoms with Crippen molar-refractivity contribution < 1.29 is 64.9 Å². The Balaban J connectivity index is 2.28. The van der Waals surface area contributed by atoms with Crippen molar-refractivity contribution in [2.24, 2.45) is 17.6 Å². The molecule has 2 aliphatic rings. The maximum absolute atomic E-state index is 15.3. The van der Waals surface area contributed by atoms with Crippen LogP contribution < -0.4 is 5.73 Å². The quantitative estimate of drug-likeness (QED) is 0.163. The van der Waals surface area contributed by atoms with E-state index in [9.17, 15) is 41.9 Å². The average Bonchev–Trinajstić information content (AvgIpc) is 3.47. The molecule has 0 aromatic heterocycles. The second kappa shape index (κ2) is 16.3.